The number of unbranched alkanes of at least 4 members (excludes halogenated alkanes) is 1. The third-order valence-corrected chi connectivity index (χ3v) is 4.39. The standard InChI is InChI=1S/C19H19N5O3S/c1-2-3-11-27-17(26)13-5-7-14(8-6-13)22-16(25)15-12-28-19(23-15)24-18-20-9-4-10-21-18/h4-10,12H,2-3,11H2,1H3,(H,22,25)(H,20,21,23,24). The Kier molecular flexibility index (Phi) is 6.64. The Labute approximate surface area is 166 Å². The lowest BCUT2D eigenvalue weighted by atomic mass is 10.2. The first kappa shape index (κ1) is 19.4. The highest BCUT2D eigenvalue weighted by atomic mass is 32.1. The molecule has 0 aliphatic rings. The van der Waals surface area contributed by atoms with Crippen LogP contribution in [0.25, 0.3) is 0 Å². The SMILES string of the molecule is CCCCOC(=O)c1ccc(NC(=O)c2csc(Nc3ncccn3)n2)cc1. The van der Waals surface area contributed by atoms with Crippen molar-refractivity contribution >= 4 is 40.0 Å². The number of carbonyl (C=O) groups excluding carboxylic acids is 2. The molecule has 0 saturated heterocycles. The largest absolute Gasteiger partial charge is 0.462 e. The number of nitrogens with zero attached hydrogens (tertiary/aromatic N) is 3. The lowest BCUT2D eigenvalue weighted by Crippen LogP contribution is -2.13. The zero-order valence-electron chi connectivity index (χ0n) is 15.2. The summed E-state index contributed by atoms with van der Waals surface area (Å²) in [5.74, 6) is -0.313. The molecule has 0 aliphatic carbocycles. The summed E-state index contributed by atoms with van der Waals surface area (Å²) >= 11 is 1.27. The van der Waals surface area contributed by atoms with Gasteiger partial charge in [-0.05, 0) is 36.8 Å². The average Bonchev–Trinajstić information content (AvgIpc) is 3.18. The van der Waals surface area contributed by atoms with Gasteiger partial charge in [-0.15, -0.1) is 11.3 Å². The van der Waals surface area contributed by atoms with Crippen molar-refractivity contribution in [2.45, 2.75) is 19.8 Å². The van der Waals surface area contributed by atoms with E-state index in [0.29, 0.717) is 28.9 Å². The maximum Gasteiger partial charge on any atom is 0.338 e. The van der Waals surface area contributed by atoms with Gasteiger partial charge in [0.2, 0.25) is 5.95 Å². The number of benzene rings is 1. The molecule has 0 unspecified atom stereocenters. The fourth-order valence-electron chi connectivity index (χ4n) is 2.17. The number of nitrogens with one attached hydrogen (secondary N) is 2. The Morgan fingerprint density at radius 3 is 2.61 bits per heavy atom. The van der Waals surface area contributed by atoms with Gasteiger partial charge in [0.15, 0.2) is 5.13 Å². The summed E-state index contributed by atoms with van der Waals surface area (Å²) in [6.07, 6.45) is 5.02. The van der Waals surface area contributed by atoms with Crippen LogP contribution in [0.15, 0.2) is 48.1 Å². The van der Waals surface area contributed by atoms with Crippen molar-refractivity contribution in [2.75, 3.05) is 17.2 Å². The molecule has 28 heavy (non-hydrogen) atoms. The van der Waals surface area contributed by atoms with Crippen LogP contribution in [0.5, 0.6) is 0 Å². The maximum absolute atomic E-state index is 12.4. The predicted octanol–water partition coefficient (Wildman–Crippen LogP) is 3.89. The van der Waals surface area contributed by atoms with E-state index in [1.807, 2.05) is 6.92 Å². The van der Waals surface area contributed by atoms with Crippen LogP contribution >= 0.6 is 11.3 Å². The number of esters is 1. The first-order valence-electron chi connectivity index (χ1n) is 8.74. The highest BCUT2D eigenvalue weighted by molar-refractivity contribution is 7.14. The van der Waals surface area contributed by atoms with Gasteiger partial charge in [0.05, 0.1) is 12.2 Å². The Hall–Kier alpha value is -3.33. The van der Waals surface area contributed by atoms with E-state index >= 15 is 0 Å². The van der Waals surface area contributed by atoms with Crippen molar-refractivity contribution in [3.63, 3.8) is 0 Å². The summed E-state index contributed by atoms with van der Waals surface area (Å²) < 4.78 is 5.16. The number of carbonyl (C=O) groups is 2. The fraction of sp³-hybridized carbons (Fsp3) is 0.211. The Morgan fingerprint density at radius 2 is 1.89 bits per heavy atom. The van der Waals surface area contributed by atoms with Crippen molar-refractivity contribution in [3.05, 3.63) is 59.4 Å². The second-order valence-electron chi connectivity index (χ2n) is 5.76. The monoisotopic (exact) mass is 397 g/mol. The Morgan fingerprint density at radius 1 is 1.14 bits per heavy atom. The van der Waals surface area contributed by atoms with Gasteiger partial charge < -0.3 is 15.4 Å². The van der Waals surface area contributed by atoms with Gasteiger partial charge in [-0.3, -0.25) is 4.79 Å². The summed E-state index contributed by atoms with van der Waals surface area (Å²) in [4.78, 5) is 36.6. The number of thiazole rings is 1. The Bertz CT molecular complexity index is 928. The molecule has 0 spiro atoms. The molecular formula is C19H19N5O3S. The first-order chi connectivity index (χ1) is 13.7. The van der Waals surface area contributed by atoms with Gasteiger partial charge in [-0.2, -0.15) is 0 Å². The van der Waals surface area contributed by atoms with E-state index in [9.17, 15) is 9.59 Å². The van der Waals surface area contributed by atoms with E-state index in [-0.39, 0.29) is 17.6 Å². The van der Waals surface area contributed by atoms with E-state index in [0.717, 1.165) is 12.8 Å². The minimum Gasteiger partial charge on any atom is -0.462 e. The highest BCUT2D eigenvalue weighted by Gasteiger charge is 2.13. The van der Waals surface area contributed by atoms with Crippen LogP contribution in [0.1, 0.15) is 40.6 Å². The quantitative estimate of drug-likeness (QED) is 0.439. The van der Waals surface area contributed by atoms with E-state index in [2.05, 4.69) is 25.6 Å². The van der Waals surface area contributed by atoms with Gasteiger partial charge in [0.1, 0.15) is 5.69 Å². The molecule has 8 nitrogen and oxygen atoms in total. The Balaban J connectivity index is 1.56. The van der Waals surface area contributed by atoms with Crippen LogP contribution in [-0.4, -0.2) is 33.4 Å². The van der Waals surface area contributed by atoms with E-state index in [1.54, 1.807) is 48.1 Å². The zero-order chi connectivity index (χ0) is 19.8. The van der Waals surface area contributed by atoms with E-state index in [4.69, 9.17) is 4.74 Å². The molecule has 0 radical (unpaired) electrons. The molecule has 2 heterocycles. The molecule has 0 bridgehead atoms. The smallest absolute Gasteiger partial charge is 0.338 e. The number of hydrogen-bond acceptors (Lipinski definition) is 8. The highest BCUT2D eigenvalue weighted by Crippen LogP contribution is 2.19. The molecule has 9 heteroatoms. The molecule has 1 amide bonds. The molecule has 3 rings (SSSR count). The fourth-order valence-corrected chi connectivity index (χ4v) is 2.86. The number of hydrogen-bond donors (Lipinski definition) is 2. The van der Waals surface area contributed by atoms with Crippen molar-refractivity contribution in [3.8, 4) is 0 Å². The van der Waals surface area contributed by atoms with Crippen LogP contribution < -0.4 is 10.6 Å². The molecule has 2 N–H and O–H groups in total. The van der Waals surface area contributed by atoms with Crippen molar-refractivity contribution in [2.24, 2.45) is 0 Å². The number of anilines is 3. The summed E-state index contributed by atoms with van der Waals surface area (Å²) in [6.45, 7) is 2.43. The summed E-state index contributed by atoms with van der Waals surface area (Å²) in [5.41, 5.74) is 1.27. The molecule has 3 aromatic rings. The van der Waals surface area contributed by atoms with Crippen LogP contribution in [-0.2, 0) is 4.74 Å². The van der Waals surface area contributed by atoms with Crippen molar-refractivity contribution < 1.29 is 14.3 Å². The maximum atomic E-state index is 12.4. The lowest BCUT2D eigenvalue weighted by molar-refractivity contribution is 0.0499. The molecule has 0 atom stereocenters. The van der Waals surface area contributed by atoms with E-state index in [1.165, 1.54) is 11.3 Å². The zero-order valence-corrected chi connectivity index (χ0v) is 16.0. The van der Waals surface area contributed by atoms with Gasteiger partial charge in [-0.25, -0.2) is 19.7 Å². The summed E-state index contributed by atoms with van der Waals surface area (Å²) in [7, 11) is 0. The minimum absolute atomic E-state index is 0.270. The van der Waals surface area contributed by atoms with Crippen LogP contribution in [0.3, 0.4) is 0 Å². The minimum atomic E-state index is -0.371. The number of ether oxygens (including phenoxy) is 1. The molecule has 2 aromatic heterocycles. The lowest BCUT2D eigenvalue weighted by Gasteiger charge is -2.06. The van der Waals surface area contributed by atoms with Gasteiger partial charge in [-0.1, -0.05) is 13.3 Å². The van der Waals surface area contributed by atoms with Gasteiger partial charge in [0, 0.05) is 23.5 Å². The number of rotatable bonds is 8. The molecule has 0 saturated carbocycles. The normalized spacial score (nSPS) is 10.3. The molecule has 0 fully saturated rings. The van der Waals surface area contributed by atoms with Crippen LogP contribution in [0, 0.1) is 0 Å². The second-order valence-corrected chi connectivity index (χ2v) is 6.61. The first-order valence-corrected chi connectivity index (χ1v) is 9.62. The molecular weight excluding hydrogens is 378 g/mol. The third kappa shape index (κ3) is 5.34. The molecule has 0 aliphatic heterocycles. The number of aromatic nitrogens is 3. The van der Waals surface area contributed by atoms with Crippen LogP contribution in [0.4, 0.5) is 16.8 Å². The van der Waals surface area contributed by atoms with Gasteiger partial charge in [0.25, 0.3) is 5.91 Å². The van der Waals surface area contributed by atoms with E-state index < -0.39 is 0 Å². The second kappa shape index (κ2) is 9.56. The predicted molar refractivity (Wildman–Crippen MR) is 107 cm³/mol. The molecule has 144 valence electrons. The van der Waals surface area contributed by atoms with Crippen molar-refractivity contribution in [1.82, 2.24) is 15.0 Å². The molecule has 1 aromatic carbocycles. The number of amides is 1. The average molecular weight is 397 g/mol. The van der Waals surface area contributed by atoms with Crippen molar-refractivity contribution in [1.29, 1.82) is 0 Å². The summed E-state index contributed by atoms with van der Waals surface area (Å²) in [5, 5.41) is 7.84. The van der Waals surface area contributed by atoms with Crippen LogP contribution in [0.2, 0.25) is 0 Å². The van der Waals surface area contributed by atoms with Gasteiger partial charge >= 0.3 is 5.97 Å². The summed E-state index contributed by atoms with van der Waals surface area (Å²) in [6, 6.07) is 8.24. The third-order valence-electron chi connectivity index (χ3n) is 3.63. The topological polar surface area (TPSA) is 106 Å².